The summed E-state index contributed by atoms with van der Waals surface area (Å²) in [6, 6.07) is 0. The molecule has 0 saturated heterocycles. The van der Waals surface area contributed by atoms with Gasteiger partial charge in [0.15, 0.2) is 0 Å². The third kappa shape index (κ3) is 31.1. The summed E-state index contributed by atoms with van der Waals surface area (Å²) < 4.78 is 16.1. The molecule has 0 bridgehead atoms. The van der Waals surface area contributed by atoms with Crippen molar-refractivity contribution in [3.05, 3.63) is 0 Å². The van der Waals surface area contributed by atoms with Gasteiger partial charge in [-0.05, 0) is 13.3 Å². The highest BCUT2D eigenvalue weighted by Crippen LogP contribution is 2.14. The van der Waals surface area contributed by atoms with E-state index in [0.717, 1.165) is 12.8 Å². The van der Waals surface area contributed by atoms with Crippen LogP contribution in [0.25, 0.3) is 0 Å². The number of ether oxygens (including phenoxy) is 3. The molecule has 0 spiro atoms. The molecule has 0 rings (SSSR count). The number of carbonyl (C=O) groups excluding carboxylic acids is 2. The molecule has 0 heterocycles. The quantitative estimate of drug-likeness (QED) is 0.103. The van der Waals surface area contributed by atoms with E-state index in [9.17, 15) is 9.59 Å². The Balaban J connectivity index is 3.15. The number of hydrogen-bond donors (Lipinski definition) is 1. The number of carbonyl (C=O) groups is 2. The van der Waals surface area contributed by atoms with E-state index in [2.05, 4.69) is 12.2 Å². The third-order valence-corrected chi connectivity index (χ3v) is 6.42. The maximum absolute atomic E-state index is 11.9. The third-order valence-electron chi connectivity index (χ3n) is 6.42. The second-order valence-electron chi connectivity index (χ2n) is 10.0. The molecule has 0 radical (unpaired) electrons. The van der Waals surface area contributed by atoms with Crippen LogP contribution in [0.3, 0.4) is 0 Å². The first kappa shape index (κ1) is 35.0. The van der Waals surface area contributed by atoms with E-state index in [1.165, 1.54) is 96.3 Å². The van der Waals surface area contributed by atoms with Gasteiger partial charge in [0.2, 0.25) is 5.91 Å². The molecule has 1 amide bonds. The summed E-state index contributed by atoms with van der Waals surface area (Å²) in [7, 11) is 0. The standard InChI is InChI=1S/C30H59NO5/c1-3-4-5-6-7-8-9-10-11-12-13-14-15-16-17-18-19-20-30(33)31-22-24-35-26-28-36-27-25-34-23-21-29(2)32/h3-28H2,1-2H3,(H,31,33). The smallest absolute Gasteiger partial charge is 0.220 e. The normalized spacial score (nSPS) is 11.2. The van der Waals surface area contributed by atoms with Crippen LogP contribution in [0.5, 0.6) is 0 Å². The van der Waals surface area contributed by atoms with Gasteiger partial charge in [0, 0.05) is 19.4 Å². The van der Waals surface area contributed by atoms with E-state index in [-0.39, 0.29) is 11.7 Å². The Morgan fingerprint density at radius 2 is 0.889 bits per heavy atom. The molecule has 0 atom stereocenters. The van der Waals surface area contributed by atoms with Crippen LogP contribution in [0.4, 0.5) is 0 Å². The first-order chi connectivity index (χ1) is 17.7. The number of hydrogen-bond acceptors (Lipinski definition) is 5. The zero-order valence-electron chi connectivity index (χ0n) is 23.9. The molecule has 0 aliphatic rings. The largest absolute Gasteiger partial charge is 0.379 e. The predicted octanol–water partition coefficient (Wildman–Crippen LogP) is 7.17. The topological polar surface area (TPSA) is 73.9 Å². The fourth-order valence-corrected chi connectivity index (χ4v) is 4.12. The zero-order chi connectivity index (χ0) is 26.4. The minimum atomic E-state index is 0.124. The molecule has 214 valence electrons. The summed E-state index contributed by atoms with van der Waals surface area (Å²) in [5.41, 5.74) is 0. The number of unbranched alkanes of at least 4 members (excludes halogenated alkanes) is 16. The Kier molecular flexibility index (Phi) is 29.4. The Labute approximate surface area is 223 Å². The van der Waals surface area contributed by atoms with Gasteiger partial charge < -0.3 is 19.5 Å². The number of ketones is 1. The van der Waals surface area contributed by atoms with Gasteiger partial charge in [-0.1, -0.05) is 110 Å². The highest BCUT2D eigenvalue weighted by molar-refractivity contribution is 5.75. The molecular weight excluding hydrogens is 454 g/mol. The summed E-state index contributed by atoms with van der Waals surface area (Å²) in [5, 5.41) is 2.92. The van der Waals surface area contributed by atoms with Gasteiger partial charge in [0.25, 0.3) is 0 Å². The van der Waals surface area contributed by atoms with Crippen LogP contribution in [0.2, 0.25) is 0 Å². The minimum absolute atomic E-state index is 0.124. The number of Topliss-reactive ketones (excluding diaryl/α,β-unsaturated/α-hetero) is 1. The van der Waals surface area contributed by atoms with Crippen molar-refractivity contribution in [1.82, 2.24) is 5.32 Å². The molecule has 0 aromatic carbocycles. The summed E-state index contributed by atoms with van der Waals surface area (Å²) >= 11 is 0. The lowest BCUT2D eigenvalue weighted by Gasteiger charge is -2.08. The van der Waals surface area contributed by atoms with Crippen molar-refractivity contribution in [2.45, 2.75) is 136 Å². The fourth-order valence-electron chi connectivity index (χ4n) is 4.12. The van der Waals surface area contributed by atoms with Gasteiger partial charge in [-0.2, -0.15) is 0 Å². The van der Waals surface area contributed by atoms with Crippen molar-refractivity contribution in [2.24, 2.45) is 0 Å². The molecule has 6 heteroatoms. The highest BCUT2D eigenvalue weighted by atomic mass is 16.5. The Hall–Kier alpha value is -0.980. The van der Waals surface area contributed by atoms with Gasteiger partial charge in [-0.3, -0.25) is 9.59 Å². The maximum atomic E-state index is 11.9. The van der Waals surface area contributed by atoms with Gasteiger partial charge >= 0.3 is 0 Å². The second kappa shape index (κ2) is 30.2. The molecule has 1 N–H and O–H groups in total. The van der Waals surface area contributed by atoms with Crippen molar-refractivity contribution in [2.75, 3.05) is 46.2 Å². The molecule has 0 saturated carbocycles. The molecular formula is C30H59NO5. The van der Waals surface area contributed by atoms with Gasteiger partial charge in [0.05, 0.1) is 39.6 Å². The monoisotopic (exact) mass is 513 g/mol. The van der Waals surface area contributed by atoms with E-state index in [1.807, 2.05) is 0 Å². The minimum Gasteiger partial charge on any atom is -0.379 e. The average molecular weight is 514 g/mol. The lowest BCUT2D eigenvalue weighted by Crippen LogP contribution is -2.27. The van der Waals surface area contributed by atoms with E-state index >= 15 is 0 Å². The van der Waals surface area contributed by atoms with Crippen LogP contribution in [0.15, 0.2) is 0 Å². The number of rotatable bonds is 30. The average Bonchev–Trinajstić information content (AvgIpc) is 2.86. The lowest BCUT2D eigenvalue weighted by atomic mass is 10.0. The van der Waals surface area contributed by atoms with Crippen LogP contribution >= 0.6 is 0 Å². The van der Waals surface area contributed by atoms with Crippen LogP contribution in [0, 0.1) is 0 Å². The van der Waals surface area contributed by atoms with Crippen LogP contribution < -0.4 is 5.32 Å². The van der Waals surface area contributed by atoms with Crippen molar-refractivity contribution in [3.63, 3.8) is 0 Å². The fraction of sp³-hybridized carbons (Fsp3) is 0.933. The van der Waals surface area contributed by atoms with Crippen molar-refractivity contribution in [1.29, 1.82) is 0 Å². The molecule has 6 nitrogen and oxygen atoms in total. The van der Waals surface area contributed by atoms with Crippen LogP contribution in [-0.2, 0) is 23.8 Å². The molecule has 0 aromatic heterocycles. The van der Waals surface area contributed by atoms with Gasteiger partial charge in [0.1, 0.15) is 5.78 Å². The Bertz CT molecular complexity index is 472. The predicted molar refractivity (Wildman–Crippen MR) is 150 cm³/mol. The second-order valence-corrected chi connectivity index (χ2v) is 10.0. The molecule has 0 aliphatic carbocycles. The van der Waals surface area contributed by atoms with E-state index in [0.29, 0.717) is 59.0 Å². The van der Waals surface area contributed by atoms with Crippen molar-refractivity contribution < 1.29 is 23.8 Å². The zero-order valence-corrected chi connectivity index (χ0v) is 23.9. The number of amides is 1. The van der Waals surface area contributed by atoms with Crippen LogP contribution in [0.1, 0.15) is 136 Å². The van der Waals surface area contributed by atoms with E-state index < -0.39 is 0 Å². The van der Waals surface area contributed by atoms with E-state index in [1.54, 1.807) is 6.92 Å². The molecule has 0 aliphatic heterocycles. The molecule has 36 heavy (non-hydrogen) atoms. The Morgan fingerprint density at radius 3 is 1.33 bits per heavy atom. The maximum Gasteiger partial charge on any atom is 0.220 e. The van der Waals surface area contributed by atoms with Crippen molar-refractivity contribution in [3.8, 4) is 0 Å². The molecule has 0 unspecified atom stereocenters. The highest BCUT2D eigenvalue weighted by Gasteiger charge is 2.01. The lowest BCUT2D eigenvalue weighted by molar-refractivity contribution is -0.121. The molecule has 0 aromatic rings. The first-order valence-corrected chi connectivity index (χ1v) is 15.2. The molecule has 0 fully saturated rings. The van der Waals surface area contributed by atoms with Crippen molar-refractivity contribution >= 4 is 11.7 Å². The van der Waals surface area contributed by atoms with Crippen LogP contribution in [-0.4, -0.2) is 57.9 Å². The SMILES string of the molecule is CCCCCCCCCCCCCCCCCCCC(=O)NCCOCCOCCOCCC(C)=O. The summed E-state index contributed by atoms with van der Waals surface area (Å²) in [4.78, 5) is 22.6. The first-order valence-electron chi connectivity index (χ1n) is 15.2. The van der Waals surface area contributed by atoms with E-state index in [4.69, 9.17) is 14.2 Å². The number of nitrogens with one attached hydrogen (secondary N) is 1. The van der Waals surface area contributed by atoms with Gasteiger partial charge in [-0.25, -0.2) is 0 Å². The Morgan fingerprint density at radius 1 is 0.500 bits per heavy atom. The summed E-state index contributed by atoms with van der Waals surface area (Å²) in [6.45, 7) is 7.33. The van der Waals surface area contributed by atoms with Gasteiger partial charge in [-0.15, -0.1) is 0 Å². The summed E-state index contributed by atoms with van der Waals surface area (Å²) in [5.74, 6) is 0.259. The summed E-state index contributed by atoms with van der Waals surface area (Å²) in [6.07, 6.45) is 24.0.